The summed E-state index contributed by atoms with van der Waals surface area (Å²) in [5.74, 6) is 0.744. The fourth-order valence-electron chi connectivity index (χ4n) is 2.33. The van der Waals surface area contributed by atoms with Crippen LogP contribution in [0.5, 0.6) is 0 Å². The molecule has 0 aromatic rings. The SMILES string of the molecule is N[C@@H](C(=O)N1CCCCC1)[C@@H](O)C1C=CSC1. The van der Waals surface area contributed by atoms with Crippen molar-refractivity contribution in [3.63, 3.8) is 0 Å². The molecule has 2 aliphatic rings. The molecule has 0 aromatic heterocycles. The van der Waals surface area contributed by atoms with Crippen molar-refractivity contribution in [1.82, 2.24) is 4.90 Å². The van der Waals surface area contributed by atoms with Crippen molar-refractivity contribution in [1.29, 1.82) is 0 Å². The summed E-state index contributed by atoms with van der Waals surface area (Å²) in [4.78, 5) is 13.9. The van der Waals surface area contributed by atoms with Gasteiger partial charge in [-0.15, -0.1) is 11.8 Å². The van der Waals surface area contributed by atoms with Crippen molar-refractivity contribution in [3.8, 4) is 0 Å². The largest absolute Gasteiger partial charge is 0.390 e. The monoisotopic (exact) mass is 256 g/mol. The third-order valence-electron chi connectivity index (χ3n) is 3.47. The Hall–Kier alpha value is -0.520. The highest BCUT2D eigenvalue weighted by Gasteiger charge is 2.32. The standard InChI is InChI=1S/C12H20N2O2S/c13-10(11(15)9-4-7-17-8-9)12(16)14-5-2-1-3-6-14/h4,7,9-11,15H,1-3,5-6,8,13H2/t9?,10-,11+/m1/s1. The highest BCUT2D eigenvalue weighted by molar-refractivity contribution is 8.02. The lowest BCUT2D eigenvalue weighted by Crippen LogP contribution is -2.53. The van der Waals surface area contributed by atoms with Crippen LogP contribution in [0.4, 0.5) is 0 Å². The molecule has 5 heteroatoms. The highest BCUT2D eigenvalue weighted by Crippen LogP contribution is 2.25. The first-order valence-corrected chi connectivity index (χ1v) is 7.26. The first-order chi connectivity index (χ1) is 8.20. The van der Waals surface area contributed by atoms with Gasteiger partial charge in [-0.05, 0) is 24.7 Å². The van der Waals surface area contributed by atoms with Crippen LogP contribution in [-0.2, 0) is 4.79 Å². The number of nitrogens with zero attached hydrogens (tertiary/aromatic N) is 1. The predicted octanol–water partition coefficient (Wildman–Crippen LogP) is 0.564. The van der Waals surface area contributed by atoms with Gasteiger partial charge in [-0.2, -0.15) is 0 Å². The van der Waals surface area contributed by atoms with Gasteiger partial charge in [-0.25, -0.2) is 0 Å². The molecule has 17 heavy (non-hydrogen) atoms. The van der Waals surface area contributed by atoms with Crippen LogP contribution in [0.3, 0.4) is 0 Å². The van der Waals surface area contributed by atoms with E-state index in [-0.39, 0.29) is 11.8 Å². The average Bonchev–Trinajstić information content (AvgIpc) is 2.91. The maximum atomic E-state index is 12.1. The van der Waals surface area contributed by atoms with E-state index < -0.39 is 12.1 Å². The van der Waals surface area contributed by atoms with Gasteiger partial charge < -0.3 is 15.7 Å². The summed E-state index contributed by atoms with van der Waals surface area (Å²) in [6.45, 7) is 1.57. The van der Waals surface area contributed by atoms with Gasteiger partial charge in [0.15, 0.2) is 0 Å². The quantitative estimate of drug-likeness (QED) is 0.774. The Morgan fingerprint density at radius 2 is 2.12 bits per heavy atom. The van der Waals surface area contributed by atoms with Crippen LogP contribution >= 0.6 is 11.8 Å². The molecule has 0 aromatic carbocycles. The molecule has 3 atom stereocenters. The Morgan fingerprint density at radius 3 is 2.71 bits per heavy atom. The Balaban J connectivity index is 1.90. The molecule has 0 spiro atoms. The van der Waals surface area contributed by atoms with Gasteiger partial charge >= 0.3 is 0 Å². The maximum absolute atomic E-state index is 12.1. The Kier molecular flexibility index (Phi) is 4.48. The van der Waals surface area contributed by atoms with Crippen molar-refractivity contribution < 1.29 is 9.90 Å². The third-order valence-corrected chi connectivity index (χ3v) is 4.40. The van der Waals surface area contributed by atoms with Crippen LogP contribution in [0.1, 0.15) is 19.3 Å². The van der Waals surface area contributed by atoms with Crippen LogP contribution in [0.2, 0.25) is 0 Å². The molecule has 1 unspecified atom stereocenters. The summed E-state index contributed by atoms with van der Waals surface area (Å²) in [5, 5.41) is 12.0. The van der Waals surface area contributed by atoms with Gasteiger partial charge in [0.25, 0.3) is 0 Å². The second-order valence-corrected chi connectivity index (χ2v) is 5.67. The summed E-state index contributed by atoms with van der Waals surface area (Å²) in [6.07, 6.45) is 4.47. The second kappa shape index (κ2) is 5.89. The zero-order valence-corrected chi connectivity index (χ0v) is 10.7. The second-order valence-electron chi connectivity index (χ2n) is 4.73. The summed E-state index contributed by atoms with van der Waals surface area (Å²) in [5.41, 5.74) is 5.89. The summed E-state index contributed by atoms with van der Waals surface area (Å²) < 4.78 is 0. The van der Waals surface area contributed by atoms with Crippen LogP contribution in [0, 0.1) is 5.92 Å². The number of rotatable bonds is 3. The zero-order chi connectivity index (χ0) is 12.3. The molecule has 0 aliphatic carbocycles. The van der Waals surface area contributed by atoms with Crippen molar-refractivity contribution in [2.75, 3.05) is 18.8 Å². The number of amides is 1. The summed E-state index contributed by atoms with van der Waals surface area (Å²) in [7, 11) is 0. The van der Waals surface area contributed by atoms with E-state index >= 15 is 0 Å². The number of carbonyl (C=O) groups is 1. The van der Waals surface area contributed by atoms with Crippen molar-refractivity contribution in [3.05, 3.63) is 11.5 Å². The number of thioether (sulfide) groups is 1. The molecular formula is C12H20N2O2S. The van der Waals surface area contributed by atoms with Crippen LogP contribution in [0.15, 0.2) is 11.5 Å². The lowest BCUT2D eigenvalue weighted by Gasteiger charge is -2.31. The number of aliphatic hydroxyl groups is 1. The minimum absolute atomic E-state index is 0.0174. The van der Waals surface area contributed by atoms with Gasteiger partial charge in [0, 0.05) is 24.8 Å². The fraction of sp³-hybridized carbons (Fsp3) is 0.750. The van der Waals surface area contributed by atoms with Gasteiger partial charge in [0.05, 0.1) is 6.10 Å². The minimum Gasteiger partial charge on any atom is -0.390 e. The van der Waals surface area contributed by atoms with E-state index in [1.807, 2.05) is 11.5 Å². The molecule has 4 nitrogen and oxygen atoms in total. The van der Waals surface area contributed by atoms with Crippen LogP contribution in [-0.4, -0.2) is 46.9 Å². The summed E-state index contributed by atoms with van der Waals surface area (Å²) in [6, 6.07) is -0.776. The molecule has 2 aliphatic heterocycles. The number of hydrogen-bond donors (Lipinski definition) is 2. The normalized spacial score (nSPS) is 28.1. The topological polar surface area (TPSA) is 66.6 Å². The zero-order valence-electron chi connectivity index (χ0n) is 9.92. The van der Waals surface area contributed by atoms with Crippen molar-refractivity contribution in [2.45, 2.75) is 31.4 Å². The maximum Gasteiger partial charge on any atom is 0.242 e. The highest BCUT2D eigenvalue weighted by atomic mass is 32.2. The molecule has 1 amide bonds. The number of carbonyl (C=O) groups excluding carboxylic acids is 1. The van der Waals surface area contributed by atoms with E-state index in [0.717, 1.165) is 31.7 Å². The van der Waals surface area contributed by atoms with E-state index in [2.05, 4.69) is 0 Å². The average molecular weight is 256 g/mol. The van der Waals surface area contributed by atoms with Crippen LogP contribution in [0.25, 0.3) is 0 Å². The van der Waals surface area contributed by atoms with Crippen LogP contribution < -0.4 is 5.73 Å². The fourth-order valence-corrected chi connectivity index (χ4v) is 3.28. The molecule has 3 N–H and O–H groups in total. The van der Waals surface area contributed by atoms with E-state index in [1.54, 1.807) is 16.7 Å². The smallest absolute Gasteiger partial charge is 0.242 e. The van der Waals surface area contributed by atoms with Crippen molar-refractivity contribution >= 4 is 17.7 Å². The molecule has 2 heterocycles. The van der Waals surface area contributed by atoms with Gasteiger partial charge in [0.2, 0.25) is 5.91 Å². The van der Waals surface area contributed by atoms with Gasteiger partial charge in [-0.3, -0.25) is 4.79 Å². The number of nitrogens with two attached hydrogens (primary N) is 1. The molecule has 0 radical (unpaired) electrons. The third kappa shape index (κ3) is 3.03. The first kappa shape index (κ1) is 12.9. The van der Waals surface area contributed by atoms with E-state index in [4.69, 9.17) is 5.73 Å². The molecule has 2 rings (SSSR count). The number of aliphatic hydroxyl groups excluding tert-OH is 1. The minimum atomic E-state index is -0.776. The van der Waals surface area contributed by atoms with E-state index in [9.17, 15) is 9.90 Å². The summed E-state index contributed by atoms with van der Waals surface area (Å²) >= 11 is 1.65. The van der Waals surface area contributed by atoms with Crippen molar-refractivity contribution in [2.24, 2.45) is 11.7 Å². The Labute approximate surface area is 106 Å². The molecule has 96 valence electrons. The lowest BCUT2D eigenvalue weighted by molar-refractivity contribution is -0.136. The number of likely N-dealkylation sites (tertiary alicyclic amines) is 1. The van der Waals surface area contributed by atoms with Gasteiger partial charge in [0.1, 0.15) is 6.04 Å². The first-order valence-electron chi connectivity index (χ1n) is 6.21. The molecule has 0 bridgehead atoms. The Morgan fingerprint density at radius 1 is 1.41 bits per heavy atom. The van der Waals surface area contributed by atoms with E-state index in [0.29, 0.717) is 0 Å². The molecule has 1 fully saturated rings. The van der Waals surface area contributed by atoms with E-state index in [1.165, 1.54) is 6.42 Å². The molecule has 0 saturated carbocycles. The Bertz CT molecular complexity index is 303. The number of hydrogen-bond acceptors (Lipinski definition) is 4. The van der Waals surface area contributed by atoms with Gasteiger partial charge in [-0.1, -0.05) is 6.08 Å². The molecular weight excluding hydrogens is 236 g/mol. The number of piperidine rings is 1. The molecule has 1 saturated heterocycles. The lowest BCUT2D eigenvalue weighted by atomic mass is 9.97. The predicted molar refractivity (Wildman–Crippen MR) is 69.5 cm³/mol.